The minimum absolute atomic E-state index is 0.195. The summed E-state index contributed by atoms with van der Waals surface area (Å²) in [6, 6.07) is 0. The zero-order valence-corrected chi connectivity index (χ0v) is 13.1. The number of carbonyl (C=O) groups is 1. The minimum Gasteiger partial charge on any atom is -0.389 e. The lowest BCUT2D eigenvalue weighted by Crippen LogP contribution is -2.43. The van der Waals surface area contributed by atoms with E-state index in [4.69, 9.17) is 0 Å². The monoisotopic (exact) mass is 270 g/mol. The van der Waals surface area contributed by atoms with Gasteiger partial charge in [0.1, 0.15) is 0 Å². The third kappa shape index (κ3) is 5.91. The van der Waals surface area contributed by atoms with Gasteiger partial charge >= 0.3 is 0 Å². The van der Waals surface area contributed by atoms with Gasteiger partial charge in [0.05, 0.1) is 12.1 Å². The van der Waals surface area contributed by atoms with Gasteiger partial charge in [-0.15, -0.1) is 0 Å². The van der Waals surface area contributed by atoms with E-state index in [0.29, 0.717) is 24.9 Å². The highest BCUT2D eigenvalue weighted by Crippen LogP contribution is 2.20. The Kier molecular flexibility index (Phi) is 5.81. The smallest absolute Gasteiger partial charge is 0.236 e. The lowest BCUT2D eigenvalue weighted by atomic mass is 10.1. The first kappa shape index (κ1) is 16.4. The van der Waals surface area contributed by atoms with Gasteiger partial charge in [0, 0.05) is 26.2 Å². The van der Waals surface area contributed by atoms with Gasteiger partial charge in [-0.25, -0.2) is 0 Å². The molecule has 1 heterocycles. The van der Waals surface area contributed by atoms with Crippen LogP contribution in [0, 0.1) is 11.8 Å². The average molecular weight is 270 g/mol. The van der Waals surface area contributed by atoms with Crippen LogP contribution in [0.1, 0.15) is 41.0 Å². The molecule has 0 radical (unpaired) electrons. The number of hydrogen-bond donors (Lipinski definition) is 1. The molecule has 0 aromatic rings. The zero-order valence-electron chi connectivity index (χ0n) is 13.1. The van der Waals surface area contributed by atoms with E-state index in [9.17, 15) is 9.90 Å². The fraction of sp³-hybridized carbons (Fsp3) is 0.933. The molecule has 4 nitrogen and oxygen atoms in total. The van der Waals surface area contributed by atoms with Gasteiger partial charge in [0.15, 0.2) is 0 Å². The Hall–Kier alpha value is -0.610. The van der Waals surface area contributed by atoms with Crippen molar-refractivity contribution in [2.45, 2.75) is 46.6 Å². The highest BCUT2D eigenvalue weighted by molar-refractivity contribution is 5.78. The van der Waals surface area contributed by atoms with E-state index in [1.54, 1.807) is 0 Å². The van der Waals surface area contributed by atoms with Crippen LogP contribution >= 0.6 is 0 Å². The van der Waals surface area contributed by atoms with E-state index in [1.165, 1.54) is 0 Å². The molecule has 1 aliphatic heterocycles. The molecule has 0 saturated carbocycles. The zero-order chi connectivity index (χ0) is 14.6. The Labute approximate surface area is 117 Å². The fourth-order valence-corrected chi connectivity index (χ4v) is 2.62. The summed E-state index contributed by atoms with van der Waals surface area (Å²) in [5.74, 6) is 1.17. The maximum atomic E-state index is 12.4. The Morgan fingerprint density at radius 1 is 1.26 bits per heavy atom. The van der Waals surface area contributed by atoms with Gasteiger partial charge in [0.2, 0.25) is 5.91 Å². The summed E-state index contributed by atoms with van der Waals surface area (Å²) in [6.07, 6.45) is 0.759. The van der Waals surface area contributed by atoms with Gasteiger partial charge in [-0.05, 0) is 25.2 Å². The summed E-state index contributed by atoms with van der Waals surface area (Å²) in [5, 5.41) is 9.94. The van der Waals surface area contributed by atoms with Crippen molar-refractivity contribution >= 4 is 5.91 Å². The molecule has 19 heavy (non-hydrogen) atoms. The standard InChI is InChI=1S/C15H30N2O2/c1-12(2)8-17(9-13(3)4)14(18)10-16-7-6-15(5,19)11-16/h12-13,19H,6-11H2,1-5H3. The lowest BCUT2D eigenvalue weighted by Gasteiger charge is -2.28. The molecule has 0 aromatic heterocycles. The second kappa shape index (κ2) is 6.71. The van der Waals surface area contributed by atoms with E-state index in [2.05, 4.69) is 32.6 Å². The molecule has 0 spiro atoms. The predicted octanol–water partition coefficient (Wildman–Crippen LogP) is 1.58. The largest absolute Gasteiger partial charge is 0.389 e. The summed E-state index contributed by atoms with van der Waals surface area (Å²) in [4.78, 5) is 16.4. The van der Waals surface area contributed by atoms with E-state index < -0.39 is 5.60 Å². The topological polar surface area (TPSA) is 43.8 Å². The number of likely N-dealkylation sites (tertiary alicyclic amines) is 1. The molecule has 1 unspecified atom stereocenters. The van der Waals surface area contributed by atoms with Crippen molar-refractivity contribution in [2.24, 2.45) is 11.8 Å². The van der Waals surface area contributed by atoms with Crippen LogP contribution in [0.3, 0.4) is 0 Å². The molecule has 1 atom stereocenters. The molecule has 1 rings (SSSR count). The van der Waals surface area contributed by atoms with Gasteiger partial charge in [-0.2, -0.15) is 0 Å². The Balaban J connectivity index is 2.52. The molecule has 0 bridgehead atoms. The Morgan fingerprint density at radius 2 is 1.79 bits per heavy atom. The summed E-state index contributed by atoms with van der Waals surface area (Å²) < 4.78 is 0. The second-order valence-corrected chi connectivity index (χ2v) is 7.04. The fourth-order valence-electron chi connectivity index (χ4n) is 2.62. The number of aliphatic hydroxyl groups is 1. The molecule has 1 fully saturated rings. The molecule has 0 aliphatic carbocycles. The number of nitrogens with zero attached hydrogens (tertiary/aromatic N) is 2. The molecule has 0 aromatic carbocycles. The van der Waals surface area contributed by atoms with Crippen LogP contribution in [0.4, 0.5) is 0 Å². The van der Waals surface area contributed by atoms with Crippen molar-refractivity contribution in [1.29, 1.82) is 0 Å². The van der Waals surface area contributed by atoms with Gasteiger partial charge in [-0.1, -0.05) is 27.7 Å². The molecule has 1 aliphatic rings. The quantitative estimate of drug-likeness (QED) is 0.797. The lowest BCUT2D eigenvalue weighted by molar-refractivity contribution is -0.133. The number of hydrogen-bond acceptors (Lipinski definition) is 3. The minimum atomic E-state index is -0.624. The van der Waals surface area contributed by atoms with Gasteiger partial charge in [0.25, 0.3) is 0 Å². The normalized spacial score (nSPS) is 24.4. The van der Waals surface area contributed by atoms with E-state index >= 15 is 0 Å². The SMILES string of the molecule is CC(C)CN(CC(C)C)C(=O)CN1CCC(C)(O)C1. The number of rotatable bonds is 6. The number of amides is 1. The summed E-state index contributed by atoms with van der Waals surface area (Å²) in [6.45, 7) is 13.9. The third-order valence-electron chi connectivity index (χ3n) is 3.41. The first-order chi connectivity index (χ1) is 8.69. The molecule has 1 amide bonds. The molecular formula is C15H30N2O2. The van der Waals surface area contributed by atoms with Crippen LogP contribution in [0.25, 0.3) is 0 Å². The number of carbonyl (C=O) groups excluding carboxylic acids is 1. The van der Waals surface area contributed by atoms with Gasteiger partial charge in [-0.3, -0.25) is 9.69 Å². The maximum Gasteiger partial charge on any atom is 0.236 e. The van der Waals surface area contributed by atoms with Crippen molar-refractivity contribution in [3.63, 3.8) is 0 Å². The first-order valence-electron chi connectivity index (χ1n) is 7.42. The van der Waals surface area contributed by atoms with E-state index in [0.717, 1.165) is 26.1 Å². The van der Waals surface area contributed by atoms with Crippen molar-refractivity contribution in [2.75, 3.05) is 32.7 Å². The highest BCUT2D eigenvalue weighted by Gasteiger charge is 2.32. The molecular weight excluding hydrogens is 240 g/mol. The van der Waals surface area contributed by atoms with Crippen LogP contribution in [0.2, 0.25) is 0 Å². The van der Waals surface area contributed by atoms with Crippen LogP contribution in [-0.2, 0) is 4.79 Å². The van der Waals surface area contributed by atoms with Crippen molar-refractivity contribution in [3.05, 3.63) is 0 Å². The van der Waals surface area contributed by atoms with Crippen molar-refractivity contribution in [1.82, 2.24) is 9.80 Å². The summed E-state index contributed by atoms with van der Waals surface area (Å²) in [5.41, 5.74) is -0.624. The second-order valence-electron chi connectivity index (χ2n) is 7.04. The Morgan fingerprint density at radius 3 is 2.16 bits per heavy atom. The van der Waals surface area contributed by atoms with E-state index in [1.807, 2.05) is 11.8 Å². The highest BCUT2D eigenvalue weighted by atomic mass is 16.3. The Bertz CT molecular complexity index is 291. The van der Waals surface area contributed by atoms with Crippen LogP contribution in [0.5, 0.6) is 0 Å². The predicted molar refractivity (Wildman–Crippen MR) is 77.9 cm³/mol. The van der Waals surface area contributed by atoms with Crippen molar-refractivity contribution in [3.8, 4) is 0 Å². The summed E-state index contributed by atoms with van der Waals surface area (Å²) in [7, 11) is 0. The maximum absolute atomic E-state index is 12.4. The molecule has 4 heteroatoms. The van der Waals surface area contributed by atoms with Crippen LogP contribution in [-0.4, -0.2) is 59.1 Å². The first-order valence-corrected chi connectivity index (χ1v) is 7.42. The van der Waals surface area contributed by atoms with Crippen LogP contribution < -0.4 is 0 Å². The van der Waals surface area contributed by atoms with E-state index in [-0.39, 0.29) is 5.91 Å². The molecule has 1 N–H and O–H groups in total. The third-order valence-corrected chi connectivity index (χ3v) is 3.41. The summed E-state index contributed by atoms with van der Waals surface area (Å²) >= 11 is 0. The van der Waals surface area contributed by atoms with Crippen molar-refractivity contribution < 1.29 is 9.90 Å². The van der Waals surface area contributed by atoms with Crippen LogP contribution in [0.15, 0.2) is 0 Å². The van der Waals surface area contributed by atoms with Gasteiger partial charge < -0.3 is 10.0 Å². The average Bonchev–Trinajstić information content (AvgIpc) is 2.55. The number of β-amino-alcohol motifs (C(OH)–C–C–N with tert-alkyl or cyclic N) is 1. The molecule has 1 saturated heterocycles. The molecule has 112 valence electrons.